The summed E-state index contributed by atoms with van der Waals surface area (Å²) in [4.78, 5) is 15.6. The molecule has 4 fully saturated rings. The van der Waals surface area contributed by atoms with Crippen molar-refractivity contribution in [3.63, 3.8) is 0 Å². The third-order valence-corrected chi connectivity index (χ3v) is 11.9. The fraction of sp³-hybridized carbons (Fsp3) is 0.500. The zero-order valence-corrected chi connectivity index (χ0v) is 26.2. The number of benzene rings is 3. The molecule has 218 valence electrons. The second-order valence-electron chi connectivity index (χ2n) is 12.9. The van der Waals surface area contributed by atoms with E-state index in [9.17, 15) is 9.90 Å². The van der Waals surface area contributed by atoms with Crippen LogP contribution in [-0.4, -0.2) is 5.97 Å². The number of carbonyl (C=O) groups excluding carboxylic acids is 1. The molecule has 4 bridgehead atoms. The van der Waals surface area contributed by atoms with Gasteiger partial charge >= 0.3 is 0 Å². The van der Waals surface area contributed by atoms with E-state index in [1.54, 1.807) is 16.0 Å². The average Bonchev–Trinajstić information content (AvgIpc) is 2.96. The van der Waals surface area contributed by atoms with Crippen LogP contribution in [-0.2, 0) is 35.0 Å². The van der Waals surface area contributed by atoms with Gasteiger partial charge in [-0.1, -0.05) is 88.6 Å². The van der Waals surface area contributed by atoms with Gasteiger partial charge in [0.2, 0.25) is 0 Å². The van der Waals surface area contributed by atoms with Crippen molar-refractivity contribution in [1.29, 1.82) is 0 Å². The van der Waals surface area contributed by atoms with Crippen LogP contribution in [0, 0.1) is 23.2 Å². The standard InChI is InChI=1S/C27H33S.C11H16O2/c1-4-13-22-20-23(14-5-2)27(24(21-22)15-6-3)28(25-16-9-7-10-17-25)26-18-11-8-12-19-26;12-10(13)11-4-7-1-8(5-11)3-9(2-7)6-11/h7-12,16-21H,4-6,13-15H2,1-3H3;7-9H,1-6H2,(H,12,13)/q+1;/p-1. The maximum absolute atomic E-state index is 11.1. The second-order valence-corrected chi connectivity index (χ2v) is 14.9. The number of carbonyl (C=O) groups is 1. The molecule has 7 rings (SSSR count). The van der Waals surface area contributed by atoms with E-state index in [1.165, 1.54) is 60.3 Å². The first-order valence-corrected chi connectivity index (χ1v) is 17.4. The van der Waals surface area contributed by atoms with Crippen LogP contribution in [0.4, 0.5) is 0 Å². The van der Waals surface area contributed by atoms with Crippen molar-refractivity contribution >= 4 is 16.9 Å². The van der Waals surface area contributed by atoms with E-state index in [0.717, 1.165) is 32.1 Å². The van der Waals surface area contributed by atoms with Gasteiger partial charge in [0.1, 0.15) is 0 Å². The van der Waals surface area contributed by atoms with Crippen molar-refractivity contribution in [2.75, 3.05) is 0 Å². The Balaban J connectivity index is 0.000000213. The van der Waals surface area contributed by atoms with Crippen LogP contribution in [0.25, 0.3) is 0 Å². The molecule has 0 N–H and O–H groups in total. The maximum Gasteiger partial charge on any atom is 0.172 e. The first kappa shape index (κ1) is 30.0. The molecule has 3 aromatic carbocycles. The summed E-state index contributed by atoms with van der Waals surface area (Å²) < 4.78 is 0. The molecule has 0 heterocycles. The minimum atomic E-state index is -0.758. The minimum Gasteiger partial charge on any atom is -0.550 e. The molecule has 0 spiro atoms. The van der Waals surface area contributed by atoms with E-state index in [4.69, 9.17) is 0 Å². The van der Waals surface area contributed by atoms with Gasteiger partial charge in [0, 0.05) is 22.5 Å². The van der Waals surface area contributed by atoms with Crippen LogP contribution in [0.5, 0.6) is 0 Å². The quantitative estimate of drug-likeness (QED) is 0.230. The van der Waals surface area contributed by atoms with Crippen molar-refractivity contribution in [2.45, 2.75) is 113 Å². The first-order chi connectivity index (χ1) is 20.0. The van der Waals surface area contributed by atoms with Crippen LogP contribution in [0.15, 0.2) is 87.5 Å². The van der Waals surface area contributed by atoms with Gasteiger partial charge in [0.15, 0.2) is 14.7 Å². The Kier molecular flexibility index (Phi) is 9.96. The number of carboxylic acids is 1. The van der Waals surface area contributed by atoms with Crippen molar-refractivity contribution in [2.24, 2.45) is 23.2 Å². The van der Waals surface area contributed by atoms with E-state index in [2.05, 4.69) is 93.6 Å². The van der Waals surface area contributed by atoms with Crippen LogP contribution < -0.4 is 5.11 Å². The summed E-state index contributed by atoms with van der Waals surface area (Å²) in [6.45, 7) is 6.89. The lowest BCUT2D eigenvalue weighted by Gasteiger charge is -2.57. The molecule has 4 aliphatic carbocycles. The van der Waals surface area contributed by atoms with E-state index in [1.807, 2.05) is 0 Å². The highest BCUT2D eigenvalue weighted by Gasteiger charge is 2.51. The molecule has 0 aliphatic heterocycles. The van der Waals surface area contributed by atoms with E-state index >= 15 is 0 Å². The number of rotatable bonds is 10. The highest BCUT2D eigenvalue weighted by molar-refractivity contribution is 7.97. The van der Waals surface area contributed by atoms with E-state index in [-0.39, 0.29) is 10.9 Å². The summed E-state index contributed by atoms with van der Waals surface area (Å²) in [5.41, 5.74) is 4.25. The molecule has 41 heavy (non-hydrogen) atoms. The van der Waals surface area contributed by atoms with Gasteiger partial charge in [-0.2, -0.15) is 0 Å². The van der Waals surface area contributed by atoms with Gasteiger partial charge in [-0.3, -0.25) is 0 Å². The molecule has 0 radical (unpaired) electrons. The molecular formula is C38H48O2S. The summed E-state index contributed by atoms with van der Waals surface area (Å²) in [7, 11) is -0.0529. The zero-order chi connectivity index (χ0) is 28.8. The summed E-state index contributed by atoms with van der Waals surface area (Å²) in [5.74, 6) is 1.38. The smallest absolute Gasteiger partial charge is 0.172 e. The van der Waals surface area contributed by atoms with Crippen LogP contribution in [0.1, 0.15) is 95.2 Å². The largest absolute Gasteiger partial charge is 0.550 e. The molecule has 2 nitrogen and oxygen atoms in total. The monoisotopic (exact) mass is 568 g/mol. The predicted molar refractivity (Wildman–Crippen MR) is 169 cm³/mol. The molecule has 3 heteroatoms. The summed E-state index contributed by atoms with van der Waals surface area (Å²) in [6, 6.07) is 27.2. The number of hydrogen-bond donors (Lipinski definition) is 0. The average molecular weight is 569 g/mol. The third kappa shape index (κ3) is 6.77. The molecule has 3 aromatic rings. The Morgan fingerprint density at radius 3 is 1.49 bits per heavy atom. The van der Waals surface area contributed by atoms with Crippen molar-refractivity contribution in [1.82, 2.24) is 0 Å². The van der Waals surface area contributed by atoms with Gasteiger partial charge in [-0.25, -0.2) is 0 Å². The zero-order valence-electron chi connectivity index (χ0n) is 25.4. The highest BCUT2D eigenvalue weighted by atomic mass is 32.2. The van der Waals surface area contributed by atoms with Crippen LogP contribution >= 0.6 is 0 Å². The van der Waals surface area contributed by atoms with Crippen LogP contribution in [0.3, 0.4) is 0 Å². The summed E-state index contributed by atoms with van der Waals surface area (Å²) >= 11 is 0. The van der Waals surface area contributed by atoms with Crippen molar-refractivity contribution in [3.05, 3.63) is 89.5 Å². The SMILES string of the molecule is CCCc1cc(CCC)c([S+](c2ccccc2)c2ccccc2)c(CCC)c1.O=C([O-])C12CC3CC(CC(C3)C1)C2. The summed E-state index contributed by atoms with van der Waals surface area (Å²) in [5, 5.41) is 11.1. The molecule has 0 saturated heterocycles. The normalized spacial score (nSPS) is 24.2. The van der Waals surface area contributed by atoms with Gasteiger partial charge in [-0.05, 0) is 105 Å². The maximum atomic E-state index is 11.1. The number of aliphatic carboxylic acids is 1. The molecule has 0 amide bonds. The predicted octanol–water partition coefficient (Wildman–Crippen LogP) is 8.59. The molecule has 0 atom stereocenters. The lowest BCUT2D eigenvalue weighted by Crippen LogP contribution is -2.54. The lowest BCUT2D eigenvalue weighted by molar-refractivity contribution is -0.327. The molecule has 4 saturated carbocycles. The molecule has 0 aromatic heterocycles. The van der Waals surface area contributed by atoms with E-state index in [0.29, 0.717) is 17.8 Å². The Labute approximate surface area is 251 Å². The Hall–Kier alpha value is -2.52. The number of aryl methyl sites for hydroxylation is 3. The lowest BCUT2D eigenvalue weighted by atomic mass is 9.49. The molecule has 4 aliphatic rings. The molecule has 0 unspecified atom stereocenters. The Morgan fingerprint density at radius 1 is 0.707 bits per heavy atom. The Morgan fingerprint density at radius 2 is 1.12 bits per heavy atom. The fourth-order valence-electron chi connectivity index (χ4n) is 8.28. The van der Waals surface area contributed by atoms with Gasteiger partial charge in [-0.15, -0.1) is 0 Å². The fourth-order valence-corrected chi connectivity index (χ4v) is 10.7. The number of carboxylic acid groups (broad SMARTS) is 1. The topological polar surface area (TPSA) is 40.1 Å². The Bertz CT molecular complexity index is 1180. The summed E-state index contributed by atoms with van der Waals surface area (Å²) in [6.07, 6.45) is 13.7. The first-order valence-electron chi connectivity index (χ1n) is 16.2. The highest BCUT2D eigenvalue weighted by Crippen LogP contribution is 2.59. The van der Waals surface area contributed by atoms with Gasteiger partial charge < -0.3 is 9.90 Å². The third-order valence-electron chi connectivity index (χ3n) is 9.51. The van der Waals surface area contributed by atoms with Crippen LogP contribution in [0.2, 0.25) is 0 Å². The van der Waals surface area contributed by atoms with E-state index < -0.39 is 11.4 Å². The van der Waals surface area contributed by atoms with Crippen molar-refractivity contribution in [3.8, 4) is 0 Å². The van der Waals surface area contributed by atoms with Gasteiger partial charge in [0.25, 0.3) is 0 Å². The van der Waals surface area contributed by atoms with Gasteiger partial charge in [0.05, 0.1) is 10.9 Å². The second kappa shape index (κ2) is 13.6. The minimum absolute atomic E-state index is 0.0529. The molecular weight excluding hydrogens is 520 g/mol. The van der Waals surface area contributed by atoms with Crippen molar-refractivity contribution < 1.29 is 9.90 Å². The number of hydrogen-bond acceptors (Lipinski definition) is 2.